The lowest BCUT2D eigenvalue weighted by Gasteiger charge is -2.47. The fraction of sp³-hybridized carbons (Fsp3) is 0.235. The molecule has 11 heteroatoms. The third kappa shape index (κ3) is 2.71. The van der Waals surface area contributed by atoms with Crippen LogP contribution in [-0.4, -0.2) is 48.9 Å². The van der Waals surface area contributed by atoms with Gasteiger partial charge in [0, 0.05) is 24.1 Å². The Hall–Kier alpha value is -3.94. The summed E-state index contributed by atoms with van der Waals surface area (Å²) in [6.45, 7) is 0.144. The number of carboxylic acid groups (broad SMARTS) is 1. The molecule has 3 aromatic rings. The number of hydrogen-bond acceptors (Lipinski definition) is 6. The molecule has 1 aliphatic rings. The molecular formula is C17H14FN7O3. The fourth-order valence-electron chi connectivity index (χ4n) is 3.41. The van der Waals surface area contributed by atoms with Gasteiger partial charge < -0.3 is 20.3 Å². The number of H-pyrrole nitrogens is 1. The van der Waals surface area contributed by atoms with Crippen molar-refractivity contribution in [1.82, 2.24) is 24.6 Å². The molecule has 1 fully saturated rings. The minimum absolute atomic E-state index is 0.0175. The van der Waals surface area contributed by atoms with Gasteiger partial charge in [-0.15, -0.1) is 0 Å². The number of hydrogen-bond donors (Lipinski definition) is 3. The van der Waals surface area contributed by atoms with Crippen molar-refractivity contribution in [3.8, 4) is 6.07 Å². The molecule has 0 saturated carbocycles. The Morgan fingerprint density at radius 1 is 1.46 bits per heavy atom. The van der Waals surface area contributed by atoms with Crippen LogP contribution in [0, 0.1) is 17.3 Å². The molecule has 3 aromatic heterocycles. The number of nitrogens with one attached hydrogen (secondary N) is 2. The van der Waals surface area contributed by atoms with Gasteiger partial charge in [0.15, 0.2) is 5.82 Å². The van der Waals surface area contributed by atoms with E-state index in [1.165, 1.54) is 28.0 Å². The Balaban J connectivity index is 1.84. The summed E-state index contributed by atoms with van der Waals surface area (Å²) in [4.78, 5) is 30.9. The van der Waals surface area contributed by atoms with Crippen molar-refractivity contribution < 1.29 is 14.3 Å². The molecule has 28 heavy (non-hydrogen) atoms. The first-order valence-corrected chi connectivity index (χ1v) is 8.28. The molecule has 4 rings (SSSR count). The largest absolute Gasteiger partial charge is 0.465 e. The van der Waals surface area contributed by atoms with Crippen molar-refractivity contribution in [2.45, 2.75) is 12.0 Å². The molecule has 0 bridgehead atoms. The number of aromatic nitrogens is 4. The standard InChI is InChI=1S/C17H14FN7O3/c18-12-7-10(1-5-20-12)22-14-13-11(2-6-21-15(13)26)25(23-14)17(3-4-19)8-24(9-17)16(27)28/h1-2,5-7H,3,8-9H2,(H,21,26)(H,27,28)(H,20,22,23). The van der Waals surface area contributed by atoms with Crippen LogP contribution >= 0.6 is 0 Å². The molecule has 1 aliphatic heterocycles. The van der Waals surface area contributed by atoms with Gasteiger partial charge in [-0.25, -0.2) is 9.78 Å². The lowest BCUT2D eigenvalue weighted by Crippen LogP contribution is -2.64. The van der Waals surface area contributed by atoms with Crippen molar-refractivity contribution >= 4 is 28.5 Å². The summed E-state index contributed by atoms with van der Waals surface area (Å²) in [6.07, 6.45) is 1.65. The van der Waals surface area contributed by atoms with E-state index in [4.69, 9.17) is 5.11 Å². The molecule has 10 nitrogen and oxygen atoms in total. The number of nitrogens with zero attached hydrogens (tertiary/aromatic N) is 5. The first-order chi connectivity index (χ1) is 13.4. The van der Waals surface area contributed by atoms with E-state index in [2.05, 4.69) is 26.5 Å². The monoisotopic (exact) mass is 383 g/mol. The van der Waals surface area contributed by atoms with E-state index < -0.39 is 23.1 Å². The van der Waals surface area contributed by atoms with Crippen LogP contribution in [0.5, 0.6) is 0 Å². The minimum Gasteiger partial charge on any atom is -0.465 e. The summed E-state index contributed by atoms with van der Waals surface area (Å²) >= 11 is 0. The summed E-state index contributed by atoms with van der Waals surface area (Å²) in [5, 5.41) is 26.0. The lowest BCUT2D eigenvalue weighted by atomic mass is 9.87. The number of likely N-dealkylation sites (tertiary alicyclic amines) is 1. The van der Waals surface area contributed by atoms with E-state index in [9.17, 15) is 19.2 Å². The number of aromatic amines is 1. The second kappa shape index (κ2) is 6.34. The normalized spacial score (nSPS) is 15.1. The number of amides is 1. The highest BCUT2D eigenvalue weighted by atomic mass is 19.1. The van der Waals surface area contributed by atoms with E-state index >= 15 is 0 Å². The first kappa shape index (κ1) is 17.5. The number of pyridine rings is 2. The lowest BCUT2D eigenvalue weighted by molar-refractivity contribution is 0.0169. The van der Waals surface area contributed by atoms with Gasteiger partial charge >= 0.3 is 6.09 Å². The third-order valence-electron chi connectivity index (χ3n) is 4.69. The molecule has 0 unspecified atom stereocenters. The molecule has 4 heterocycles. The van der Waals surface area contributed by atoms with Crippen LogP contribution in [0.4, 0.5) is 20.7 Å². The van der Waals surface area contributed by atoms with E-state index in [0.717, 1.165) is 6.07 Å². The summed E-state index contributed by atoms with van der Waals surface area (Å²) < 4.78 is 14.9. The Morgan fingerprint density at radius 2 is 2.25 bits per heavy atom. The molecule has 0 radical (unpaired) electrons. The summed E-state index contributed by atoms with van der Waals surface area (Å²) in [6, 6.07) is 6.37. The maximum atomic E-state index is 13.4. The molecule has 0 aromatic carbocycles. The number of fused-ring (bicyclic) bond motifs is 1. The van der Waals surface area contributed by atoms with Gasteiger partial charge in [-0.3, -0.25) is 9.48 Å². The van der Waals surface area contributed by atoms with Gasteiger partial charge in [0.05, 0.1) is 31.1 Å². The van der Waals surface area contributed by atoms with Crippen molar-refractivity contribution in [3.05, 3.63) is 46.9 Å². The predicted molar refractivity (Wildman–Crippen MR) is 95.6 cm³/mol. The zero-order valence-corrected chi connectivity index (χ0v) is 14.4. The SMILES string of the molecule is N#CCC1(n2nc(Nc3ccnc(F)c3)c3c(=O)[nH]ccc32)CN(C(=O)O)C1. The topological polar surface area (TPSA) is 140 Å². The number of nitriles is 1. The van der Waals surface area contributed by atoms with E-state index in [1.54, 1.807) is 6.07 Å². The highest BCUT2D eigenvalue weighted by Crippen LogP contribution is 2.36. The van der Waals surface area contributed by atoms with Gasteiger partial charge in [0.2, 0.25) is 5.95 Å². The van der Waals surface area contributed by atoms with Crippen molar-refractivity contribution in [2.24, 2.45) is 0 Å². The summed E-state index contributed by atoms with van der Waals surface area (Å²) in [5.41, 5.74) is -0.511. The van der Waals surface area contributed by atoms with Crippen LogP contribution < -0.4 is 10.9 Å². The van der Waals surface area contributed by atoms with Crippen LogP contribution in [0.1, 0.15) is 6.42 Å². The van der Waals surface area contributed by atoms with E-state index in [1.807, 2.05) is 0 Å². The van der Waals surface area contributed by atoms with Gasteiger partial charge in [-0.05, 0) is 12.1 Å². The second-order valence-electron chi connectivity index (χ2n) is 6.52. The number of rotatable bonds is 4. The highest BCUT2D eigenvalue weighted by Gasteiger charge is 2.48. The Bertz CT molecular complexity index is 1170. The quantitative estimate of drug-likeness (QED) is 0.581. The third-order valence-corrected chi connectivity index (χ3v) is 4.69. The van der Waals surface area contributed by atoms with Crippen LogP contribution in [0.3, 0.4) is 0 Å². The van der Waals surface area contributed by atoms with Crippen LogP contribution in [0.15, 0.2) is 35.4 Å². The van der Waals surface area contributed by atoms with Crippen LogP contribution in [0.2, 0.25) is 0 Å². The average molecular weight is 383 g/mol. The number of halogens is 1. The average Bonchev–Trinajstić information content (AvgIpc) is 2.97. The summed E-state index contributed by atoms with van der Waals surface area (Å²) in [5.74, 6) is -0.520. The van der Waals surface area contributed by atoms with Gasteiger partial charge in [0.25, 0.3) is 5.56 Å². The summed E-state index contributed by atoms with van der Waals surface area (Å²) in [7, 11) is 0. The molecule has 0 spiro atoms. The van der Waals surface area contributed by atoms with E-state index in [-0.39, 0.29) is 30.7 Å². The Morgan fingerprint density at radius 3 is 2.93 bits per heavy atom. The van der Waals surface area contributed by atoms with E-state index in [0.29, 0.717) is 11.2 Å². The van der Waals surface area contributed by atoms with Crippen molar-refractivity contribution in [2.75, 3.05) is 18.4 Å². The Kier molecular flexibility index (Phi) is 3.96. The molecule has 142 valence electrons. The second-order valence-corrected chi connectivity index (χ2v) is 6.52. The molecule has 1 amide bonds. The molecule has 3 N–H and O–H groups in total. The van der Waals surface area contributed by atoms with Crippen LogP contribution in [-0.2, 0) is 5.54 Å². The number of anilines is 2. The highest BCUT2D eigenvalue weighted by molar-refractivity contribution is 5.91. The zero-order chi connectivity index (χ0) is 19.9. The molecule has 0 aliphatic carbocycles. The molecule has 0 atom stereocenters. The van der Waals surface area contributed by atoms with Crippen molar-refractivity contribution in [1.29, 1.82) is 5.26 Å². The zero-order valence-electron chi connectivity index (χ0n) is 14.4. The smallest absolute Gasteiger partial charge is 0.407 e. The Labute approximate surface area is 156 Å². The maximum Gasteiger partial charge on any atom is 0.407 e. The van der Waals surface area contributed by atoms with Gasteiger partial charge in [-0.1, -0.05) is 0 Å². The van der Waals surface area contributed by atoms with Crippen LogP contribution in [0.25, 0.3) is 10.9 Å². The molecule has 1 saturated heterocycles. The van der Waals surface area contributed by atoms with Gasteiger partial charge in [-0.2, -0.15) is 14.8 Å². The molecular weight excluding hydrogens is 369 g/mol. The predicted octanol–water partition coefficient (Wildman–Crippen LogP) is 1.60. The maximum absolute atomic E-state index is 13.4. The van der Waals surface area contributed by atoms with Crippen molar-refractivity contribution in [3.63, 3.8) is 0 Å². The minimum atomic E-state index is -1.09. The first-order valence-electron chi connectivity index (χ1n) is 8.28. The fourth-order valence-corrected chi connectivity index (χ4v) is 3.41. The number of carbonyl (C=O) groups is 1. The van der Waals surface area contributed by atoms with Gasteiger partial charge in [0.1, 0.15) is 10.9 Å².